The number of nitrogens with one attached hydrogen (secondary N) is 2. The van der Waals surface area contributed by atoms with Crippen molar-refractivity contribution in [1.29, 1.82) is 0 Å². The number of hydrogen-bond acceptors (Lipinski definition) is 3. The molecule has 1 amide bonds. The zero-order valence-corrected chi connectivity index (χ0v) is 14.9. The maximum Gasteiger partial charge on any atom is 0.261 e. The minimum absolute atomic E-state index is 0.118. The van der Waals surface area contributed by atoms with E-state index < -0.39 is 38.3 Å². The molecule has 0 heterocycles. The maximum absolute atomic E-state index is 13.3. The van der Waals surface area contributed by atoms with E-state index in [4.69, 9.17) is 0 Å². The maximum atomic E-state index is 13.3. The second-order valence-corrected chi connectivity index (χ2v) is 7.41. The molecule has 28 heavy (non-hydrogen) atoms. The van der Waals surface area contributed by atoms with E-state index in [0.29, 0.717) is 12.1 Å². The molecule has 0 fully saturated rings. The summed E-state index contributed by atoms with van der Waals surface area (Å²) in [6, 6.07) is 13.0. The van der Waals surface area contributed by atoms with Crippen LogP contribution in [0.2, 0.25) is 0 Å². The molecule has 0 bridgehead atoms. The van der Waals surface area contributed by atoms with Gasteiger partial charge in [0.25, 0.3) is 15.9 Å². The molecular formula is C19H13F3N2O3S. The highest BCUT2D eigenvalue weighted by atomic mass is 32.2. The first-order valence-electron chi connectivity index (χ1n) is 7.89. The van der Waals surface area contributed by atoms with Gasteiger partial charge in [-0.25, -0.2) is 21.6 Å². The number of anilines is 2. The molecular weight excluding hydrogens is 393 g/mol. The number of hydrogen-bond donors (Lipinski definition) is 2. The minimum atomic E-state index is -4.14. The molecule has 3 aromatic rings. The van der Waals surface area contributed by atoms with Crippen molar-refractivity contribution in [2.24, 2.45) is 0 Å². The summed E-state index contributed by atoms with van der Waals surface area (Å²) in [5.74, 6) is -3.46. The van der Waals surface area contributed by atoms with Gasteiger partial charge in [0.1, 0.15) is 5.82 Å². The number of rotatable bonds is 5. The van der Waals surface area contributed by atoms with Crippen molar-refractivity contribution in [3.05, 3.63) is 89.7 Å². The third-order valence-corrected chi connectivity index (χ3v) is 5.06. The summed E-state index contributed by atoms with van der Waals surface area (Å²) < 4.78 is 66.1. The van der Waals surface area contributed by atoms with Crippen molar-refractivity contribution in [1.82, 2.24) is 0 Å². The normalized spacial score (nSPS) is 11.1. The lowest BCUT2D eigenvalue weighted by molar-refractivity contribution is 0.102. The predicted molar refractivity (Wildman–Crippen MR) is 98.0 cm³/mol. The van der Waals surface area contributed by atoms with Crippen LogP contribution in [0.3, 0.4) is 0 Å². The number of carbonyl (C=O) groups is 1. The van der Waals surface area contributed by atoms with Gasteiger partial charge in [-0.3, -0.25) is 9.52 Å². The van der Waals surface area contributed by atoms with E-state index in [0.717, 1.165) is 12.1 Å². The van der Waals surface area contributed by atoms with Gasteiger partial charge in [-0.2, -0.15) is 0 Å². The molecule has 0 aliphatic heterocycles. The van der Waals surface area contributed by atoms with Gasteiger partial charge in [0.05, 0.1) is 4.90 Å². The molecule has 5 nitrogen and oxygen atoms in total. The van der Waals surface area contributed by atoms with Crippen LogP contribution in [0, 0.1) is 17.5 Å². The summed E-state index contributed by atoms with van der Waals surface area (Å²) in [6.07, 6.45) is 0. The Morgan fingerprint density at radius 1 is 0.786 bits per heavy atom. The van der Waals surface area contributed by atoms with Gasteiger partial charge < -0.3 is 5.32 Å². The number of carbonyl (C=O) groups excluding carboxylic acids is 1. The molecule has 0 unspecified atom stereocenters. The lowest BCUT2D eigenvalue weighted by Gasteiger charge is -2.10. The average molecular weight is 406 g/mol. The van der Waals surface area contributed by atoms with E-state index in [1.807, 2.05) is 0 Å². The molecule has 9 heteroatoms. The van der Waals surface area contributed by atoms with Crippen molar-refractivity contribution in [2.75, 3.05) is 10.0 Å². The number of sulfonamides is 1. The molecule has 0 aliphatic rings. The average Bonchev–Trinajstić information content (AvgIpc) is 2.64. The van der Waals surface area contributed by atoms with Crippen LogP contribution >= 0.6 is 0 Å². The Morgan fingerprint density at radius 2 is 1.50 bits per heavy atom. The van der Waals surface area contributed by atoms with E-state index in [1.165, 1.54) is 42.5 Å². The van der Waals surface area contributed by atoms with E-state index in [2.05, 4.69) is 10.0 Å². The fourth-order valence-electron chi connectivity index (χ4n) is 2.32. The molecule has 0 saturated carbocycles. The number of benzene rings is 3. The van der Waals surface area contributed by atoms with E-state index in [-0.39, 0.29) is 16.9 Å². The van der Waals surface area contributed by atoms with Crippen LogP contribution in [0.1, 0.15) is 10.4 Å². The zero-order valence-electron chi connectivity index (χ0n) is 14.1. The SMILES string of the molecule is O=C(Nc1cccc(F)c1)c1ccc(NS(=O)(=O)c2ccc(F)c(F)c2)cc1. The molecule has 0 radical (unpaired) electrons. The highest BCUT2D eigenvalue weighted by Crippen LogP contribution is 2.19. The smallest absolute Gasteiger partial charge is 0.261 e. The van der Waals surface area contributed by atoms with E-state index in [1.54, 1.807) is 0 Å². The summed E-state index contributed by atoms with van der Waals surface area (Å²) >= 11 is 0. The van der Waals surface area contributed by atoms with Crippen LogP contribution in [-0.4, -0.2) is 14.3 Å². The van der Waals surface area contributed by atoms with Gasteiger partial charge in [-0.05, 0) is 60.7 Å². The van der Waals surface area contributed by atoms with Crippen LogP contribution in [0.15, 0.2) is 71.6 Å². The van der Waals surface area contributed by atoms with Crippen LogP contribution < -0.4 is 10.0 Å². The molecule has 0 aromatic heterocycles. The zero-order chi connectivity index (χ0) is 20.3. The van der Waals surface area contributed by atoms with Crippen molar-refractivity contribution in [3.63, 3.8) is 0 Å². The van der Waals surface area contributed by atoms with Gasteiger partial charge in [0.2, 0.25) is 0 Å². The molecule has 144 valence electrons. The summed E-state index contributed by atoms with van der Waals surface area (Å²) in [5, 5.41) is 2.51. The first kappa shape index (κ1) is 19.4. The number of halogens is 3. The van der Waals surface area contributed by atoms with Crippen LogP contribution in [0.5, 0.6) is 0 Å². The van der Waals surface area contributed by atoms with Crippen LogP contribution in [0.4, 0.5) is 24.5 Å². The molecule has 3 aromatic carbocycles. The highest BCUT2D eigenvalue weighted by Gasteiger charge is 2.17. The highest BCUT2D eigenvalue weighted by molar-refractivity contribution is 7.92. The standard InChI is InChI=1S/C19H13F3N2O3S/c20-13-2-1-3-15(10-13)23-19(25)12-4-6-14(7-5-12)24-28(26,27)16-8-9-17(21)18(22)11-16/h1-11,24H,(H,23,25). The second kappa shape index (κ2) is 7.73. The van der Waals surface area contributed by atoms with Gasteiger partial charge >= 0.3 is 0 Å². The van der Waals surface area contributed by atoms with E-state index in [9.17, 15) is 26.4 Å². The fraction of sp³-hybridized carbons (Fsp3) is 0. The van der Waals surface area contributed by atoms with Crippen LogP contribution in [-0.2, 0) is 10.0 Å². The Labute approximate surface area is 158 Å². The van der Waals surface area contributed by atoms with E-state index >= 15 is 0 Å². The Hall–Kier alpha value is -3.33. The van der Waals surface area contributed by atoms with Crippen LogP contribution in [0.25, 0.3) is 0 Å². The molecule has 3 rings (SSSR count). The Morgan fingerprint density at radius 3 is 2.14 bits per heavy atom. The minimum Gasteiger partial charge on any atom is -0.322 e. The quantitative estimate of drug-likeness (QED) is 0.668. The Kier molecular flexibility index (Phi) is 5.36. The second-order valence-electron chi connectivity index (χ2n) is 5.72. The van der Waals surface area contributed by atoms with Crippen molar-refractivity contribution in [2.45, 2.75) is 4.90 Å². The summed E-state index contributed by atoms with van der Waals surface area (Å²) in [7, 11) is -4.14. The lowest BCUT2D eigenvalue weighted by Crippen LogP contribution is -2.14. The topological polar surface area (TPSA) is 75.3 Å². The van der Waals surface area contributed by atoms with Gasteiger partial charge in [-0.1, -0.05) is 6.07 Å². The predicted octanol–water partition coefficient (Wildman–Crippen LogP) is 4.16. The Balaban J connectivity index is 1.73. The van der Waals surface area contributed by atoms with Gasteiger partial charge in [-0.15, -0.1) is 0 Å². The summed E-state index contributed by atoms with van der Waals surface area (Å²) in [5.41, 5.74) is 0.597. The molecule has 0 aliphatic carbocycles. The lowest BCUT2D eigenvalue weighted by atomic mass is 10.2. The molecule has 0 spiro atoms. The molecule has 2 N–H and O–H groups in total. The molecule has 0 saturated heterocycles. The fourth-order valence-corrected chi connectivity index (χ4v) is 3.39. The summed E-state index contributed by atoms with van der Waals surface area (Å²) in [4.78, 5) is 11.7. The number of amides is 1. The third-order valence-electron chi connectivity index (χ3n) is 3.68. The van der Waals surface area contributed by atoms with Crippen molar-refractivity contribution in [3.8, 4) is 0 Å². The van der Waals surface area contributed by atoms with Gasteiger partial charge in [0.15, 0.2) is 11.6 Å². The van der Waals surface area contributed by atoms with Crippen molar-refractivity contribution < 1.29 is 26.4 Å². The third kappa shape index (κ3) is 4.49. The first-order chi connectivity index (χ1) is 13.2. The monoisotopic (exact) mass is 406 g/mol. The Bertz CT molecular complexity index is 1130. The van der Waals surface area contributed by atoms with Gasteiger partial charge in [0, 0.05) is 16.9 Å². The molecule has 0 atom stereocenters. The largest absolute Gasteiger partial charge is 0.322 e. The van der Waals surface area contributed by atoms with Crippen molar-refractivity contribution >= 4 is 27.3 Å². The summed E-state index contributed by atoms with van der Waals surface area (Å²) in [6.45, 7) is 0. The first-order valence-corrected chi connectivity index (χ1v) is 9.38.